The van der Waals surface area contributed by atoms with Crippen LogP contribution >= 0.6 is 0 Å². The van der Waals surface area contributed by atoms with E-state index in [-0.39, 0.29) is 5.03 Å². The lowest BCUT2D eigenvalue weighted by Gasteiger charge is -2.07. The van der Waals surface area contributed by atoms with E-state index < -0.39 is 22.0 Å². The number of aliphatic carboxylic acids is 1. The molecule has 0 fully saturated rings. The van der Waals surface area contributed by atoms with Crippen LogP contribution in [0, 0.1) is 6.92 Å². The third-order valence-electron chi connectivity index (χ3n) is 2.06. The number of rotatable bonds is 4. The van der Waals surface area contributed by atoms with Crippen molar-refractivity contribution in [1.82, 2.24) is 14.3 Å². The van der Waals surface area contributed by atoms with Crippen molar-refractivity contribution in [3.8, 4) is 0 Å². The second-order valence-corrected chi connectivity index (χ2v) is 5.08. The predicted octanol–water partition coefficient (Wildman–Crippen LogP) is -0.520. The maximum absolute atomic E-state index is 11.7. The van der Waals surface area contributed by atoms with E-state index in [1.165, 1.54) is 13.1 Å². The highest BCUT2D eigenvalue weighted by Crippen LogP contribution is 2.08. The van der Waals surface area contributed by atoms with Crippen LogP contribution in [0.2, 0.25) is 0 Å². The first-order chi connectivity index (χ1) is 7.24. The van der Waals surface area contributed by atoms with E-state index in [4.69, 9.17) is 5.11 Å². The summed E-state index contributed by atoms with van der Waals surface area (Å²) in [6.07, 6.45) is 1.33. The summed E-state index contributed by atoms with van der Waals surface area (Å²) in [6.45, 7) is 2.90. The van der Waals surface area contributed by atoms with E-state index in [2.05, 4.69) is 4.98 Å². The summed E-state index contributed by atoms with van der Waals surface area (Å²) in [5, 5.41) is 8.42. The van der Waals surface area contributed by atoms with Gasteiger partial charge in [0.05, 0.1) is 0 Å². The monoisotopic (exact) mass is 247 g/mol. The lowest BCUT2D eigenvalue weighted by Crippen LogP contribution is -2.38. The molecule has 90 valence electrons. The summed E-state index contributed by atoms with van der Waals surface area (Å²) in [7, 11) is -2.21. The number of nitrogens with one attached hydrogen (secondary N) is 1. The van der Waals surface area contributed by atoms with Crippen LogP contribution in [0.3, 0.4) is 0 Å². The smallest absolute Gasteiger partial charge is 0.321 e. The van der Waals surface area contributed by atoms with E-state index in [1.54, 1.807) is 18.5 Å². The molecular weight excluding hydrogens is 234 g/mol. The molecule has 0 saturated carbocycles. The van der Waals surface area contributed by atoms with Gasteiger partial charge in [0, 0.05) is 13.2 Å². The molecule has 16 heavy (non-hydrogen) atoms. The number of carbonyl (C=O) groups is 1. The number of nitrogens with zero attached hydrogens (tertiary/aromatic N) is 2. The van der Waals surface area contributed by atoms with Gasteiger partial charge in [-0.05, 0) is 13.8 Å². The average molecular weight is 247 g/mol. The van der Waals surface area contributed by atoms with Gasteiger partial charge in [0.15, 0.2) is 5.03 Å². The highest BCUT2D eigenvalue weighted by molar-refractivity contribution is 7.89. The number of carboxylic acids is 1. The molecule has 1 rings (SSSR count). The fourth-order valence-corrected chi connectivity index (χ4v) is 2.24. The van der Waals surface area contributed by atoms with Gasteiger partial charge in [-0.15, -0.1) is 0 Å². The fraction of sp³-hybridized carbons (Fsp3) is 0.500. The minimum absolute atomic E-state index is 0.180. The van der Waals surface area contributed by atoms with Gasteiger partial charge in [-0.1, -0.05) is 0 Å². The average Bonchev–Trinajstić information content (AvgIpc) is 2.47. The number of sulfonamides is 1. The van der Waals surface area contributed by atoms with Crippen molar-refractivity contribution in [2.45, 2.75) is 24.9 Å². The molecule has 0 unspecified atom stereocenters. The van der Waals surface area contributed by atoms with E-state index in [1.807, 2.05) is 4.72 Å². The molecule has 8 heteroatoms. The minimum Gasteiger partial charge on any atom is -0.480 e. The molecular formula is C8H13N3O4S. The zero-order chi connectivity index (χ0) is 12.5. The number of hydrogen-bond donors (Lipinski definition) is 2. The Morgan fingerprint density at radius 3 is 2.56 bits per heavy atom. The molecule has 0 aliphatic rings. The number of aromatic nitrogens is 2. The van der Waals surface area contributed by atoms with Gasteiger partial charge in [0.1, 0.15) is 11.9 Å². The van der Waals surface area contributed by atoms with Crippen molar-refractivity contribution in [3.05, 3.63) is 12.0 Å². The van der Waals surface area contributed by atoms with Crippen LogP contribution in [-0.4, -0.2) is 35.1 Å². The van der Waals surface area contributed by atoms with Crippen molar-refractivity contribution in [2.24, 2.45) is 7.05 Å². The number of imidazole rings is 1. The number of hydrogen-bond acceptors (Lipinski definition) is 4. The van der Waals surface area contributed by atoms with Gasteiger partial charge in [-0.25, -0.2) is 13.4 Å². The molecule has 1 aromatic heterocycles. The molecule has 0 aliphatic carbocycles. The molecule has 7 nitrogen and oxygen atoms in total. The fourth-order valence-electron chi connectivity index (χ4n) is 0.999. The molecule has 0 radical (unpaired) electrons. The molecule has 1 aromatic rings. The van der Waals surface area contributed by atoms with Gasteiger partial charge in [-0.2, -0.15) is 4.72 Å². The first kappa shape index (κ1) is 12.7. The topological polar surface area (TPSA) is 101 Å². The van der Waals surface area contributed by atoms with Gasteiger partial charge in [-0.3, -0.25) is 4.79 Å². The Morgan fingerprint density at radius 2 is 2.19 bits per heavy atom. The zero-order valence-electron chi connectivity index (χ0n) is 9.13. The Morgan fingerprint density at radius 1 is 1.62 bits per heavy atom. The van der Waals surface area contributed by atoms with Gasteiger partial charge in [0.25, 0.3) is 10.0 Å². The quantitative estimate of drug-likeness (QED) is 0.745. The summed E-state index contributed by atoms with van der Waals surface area (Å²) in [4.78, 5) is 14.3. The van der Waals surface area contributed by atoms with E-state index >= 15 is 0 Å². The maximum atomic E-state index is 11.7. The second kappa shape index (κ2) is 4.22. The van der Waals surface area contributed by atoms with Gasteiger partial charge >= 0.3 is 5.97 Å². The summed E-state index contributed by atoms with van der Waals surface area (Å²) < 4.78 is 26.9. The first-order valence-electron chi connectivity index (χ1n) is 4.49. The van der Waals surface area contributed by atoms with Crippen molar-refractivity contribution in [3.63, 3.8) is 0 Å². The molecule has 0 aromatic carbocycles. The summed E-state index contributed by atoms with van der Waals surface area (Å²) in [5.74, 6) is -0.709. The van der Waals surface area contributed by atoms with Crippen LogP contribution in [0.5, 0.6) is 0 Å². The SMILES string of the molecule is Cc1nc(S(=O)(=O)N[C@H](C)C(=O)O)cn1C. The normalized spacial score (nSPS) is 13.7. The van der Waals surface area contributed by atoms with Crippen LogP contribution < -0.4 is 4.72 Å². The second-order valence-electron chi connectivity index (χ2n) is 3.42. The molecule has 2 N–H and O–H groups in total. The zero-order valence-corrected chi connectivity index (χ0v) is 9.95. The number of aryl methyl sites for hydroxylation is 2. The van der Waals surface area contributed by atoms with E-state index in [0.717, 1.165) is 0 Å². The molecule has 0 amide bonds. The largest absolute Gasteiger partial charge is 0.480 e. The van der Waals surface area contributed by atoms with Gasteiger partial charge in [0.2, 0.25) is 0 Å². The standard InChI is InChI=1S/C8H13N3O4S/c1-5(8(12)13)10-16(14,15)7-4-11(3)6(2)9-7/h4-5,10H,1-3H3,(H,12,13)/t5-/m1/s1. The predicted molar refractivity (Wildman–Crippen MR) is 55.4 cm³/mol. The highest BCUT2D eigenvalue weighted by Gasteiger charge is 2.23. The molecule has 1 heterocycles. The van der Waals surface area contributed by atoms with Crippen molar-refractivity contribution in [1.29, 1.82) is 0 Å². The van der Waals surface area contributed by atoms with Crippen LogP contribution in [0.25, 0.3) is 0 Å². The highest BCUT2D eigenvalue weighted by atomic mass is 32.2. The third kappa shape index (κ3) is 2.58. The van der Waals surface area contributed by atoms with E-state index in [9.17, 15) is 13.2 Å². The molecule has 0 spiro atoms. The van der Waals surface area contributed by atoms with E-state index in [0.29, 0.717) is 5.82 Å². The van der Waals surface area contributed by atoms with Crippen molar-refractivity contribution in [2.75, 3.05) is 0 Å². The Bertz CT molecular complexity index is 486. The summed E-state index contributed by atoms with van der Waals surface area (Å²) in [6, 6.07) is -1.19. The van der Waals surface area contributed by atoms with Crippen LogP contribution in [-0.2, 0) is 21.9 Å². The Labute approximate surface area is 93.2 Å². The lowest BCUT2D eigenvalue weighted by molar-refractivity contribution is -0.138. The summed E-state index contributed by atoms with van der Waals surface area (Å²) >= 11 is 0. The van der Waals surface area contributed by atoms with Crippen LogP contribution in [0.1, 0.15) is 12.7 Å². The Hall–Kier alpha value is -1.41. The number of carboxylic acid groups (broad SMARTS) is 1. The first-order valence-corrected chi connectivity index (χ1v) is 5.97. The summed E-state index contributed by atoms with van der Waals surface area (Å²) in [5.41, 5.74) is 0. The van der Waals surface area contributed by atoms with Crippen LogP contribution in [0.15, 0.2) is 11.2 Å². The third-order valence-corrected chi connectivity index (χ3v) is 3.48. The maximum Gasteiger partial charge on any atom is 0.321 e. The Kier molecular flexibility index (Phi) is 3.34. The molecule has 1 atom stereocenters. The molecule has 0 saturated heterocycles. The van der Waals surface area contributed by atoms with Crippen LogP contribution in [0.4, 0.5) is 0 Å². The lowest BCUT2D eigenvalue weighted by atomic mass is 10.4. The van der Waals surface area contributed by atoms with Crippen molar-refractivity contribution < 1.29 is 18.3 Å². The Balaban J connectivity index is 2.99. The minimum atomic E-state index is -3.87. The molecule has 0 bridgehead atoms. The molecule has 0 aliphatic heterocycles. The van der Waals surface area contributed by atoms with Gasteiger partial charge < -0.3 is 9.67 Å². The van der Waals surface area contributed by atoms with Crippen molar-refractivity contribution >= 4 is 16.0 Å².